The van der Waals surface area contributed by atoms with Crippen molar-refractivity contribution in [2.75, 3.05) is 23.8 Å². The highest BCUT2D eigenvalue weighted by Gasteiger charge is 2.29. The Morgan fingerprint density at radius 1 is 1.55 bits per heavy atom. The average molecular weight is 337 g/mol. The van der Waals surface area contributed by atoms with Crippen molar-refractivity contribution in [3.63, 3.8) is 0 Å². The fraction of sp³-hybridized carbons (Fsp3) is 0.600. The zero-order chi connectivity index (χ0) is 14.8. The second-order valence-electron chi connectivity index (χ2n) is 4.25. The molecule has 0 aromatic carbocycles. The van der Waals surface area contributed by atoms with Crippen molar-refractivity contribution in [1.82, 2.24) is 14.9 Å². The first-order valence-electron chi connectivity index (χ1n) is 5.89. The Labute approximate surface area is 125 Å². The van der Waals surface area contributed by atoms with Crippen LogP contribution in [-0.4, -0.2) is 58.7 Å². The standard InChI is InChI=1S/C10H15N3O4S3/c1-6-9(8(10(14)15)13-12-6)20(16,17)11-4-7-5-18-2-3-19-7/h7,11H,2-5H2,1H3,(H,12,13)(H,14,15). The summed E-state index contributed by atoms with van der Waals surface area (Å²) in [7, 11) is -3.87. The number of rotatable bonds is 5. The molecule has 10 heteroatoms. The van der Waals surface area contributed by atoms with Crippen LogP contribution in [0.25, 0.3) is 0 Å². The third-order valence-electron chi connectivity index (χ3n) is 2.75. The van der Waals surface area contributed by atoms with Crippen LogP contribution < -0.4 is 4.72 Å². The Morgan fingerprint density at radius 2 is 2.30 bits per heavy atom. The van der Waals surface area contributed by atoms with Crippen LogP contribution in [0.3, 0.4) is 0 Å². The summed E-state index contributed by atoms with van der Waals surface area (Å²) in [6, 6.07) is 0. The molecule has 0 radical (unpaired) electrons. The van der Waals surface area contributed by atoms with Gasteiger partial charge in [-0.3, -0.25) is 5.10 Å². The first-order valence-corrected chi connectivity index (χ1v) is 9.57. The minimum Gasteiger partial charge on any atom is -0.476 e. The fourth-order valence-corrected chi connectivity index (χ4v) is 5.94. The van der Waals surface area contributed by atoms with E-state index in [4.69, 9.17) is 5.11 Å². The average Bonchev–Trinajstić information content (AvgIpc) is 2.81. The van der Waals surface area contributed by atoms with Crippen LogP contribution in [0.5, 0.6) is 0 Å². The molecule has 1 saturated heterocycles. The molecular formula is C10H15N3O4S3. The molecule has 0 amide bonds. The number of thioether (sulfide) groups is 2. The molecule has 1 aromatic heterocycles. The molecule has 7 nitrogen and oxygen atoms in total. The molecule has 2 rings (SSSR count). The number of hydrogen-bond acceptors (Lipinski definition) is 6. The topological polar surface area (TPSA) is 112 Å². The zero-order valence-corrected chi connectivity index (χ0v) is 13.2. The highest BCUT2D eigenvalue weighted by molar-refractivity contribution is 8.06. The molecule has 0 bridgehead atoms. The highest BCUT2D eigenvalue weighted by atomic mass is 32.2. The predicted octanol–water partition coefficient (Wildman–Crippen LogP) is 0.543. The maximum Gasteiger partial charge on any atom is 0.357 e. The quantitative estimate of drug-likeness (QED) is 0.719. The number of H-pyrrole nitrogens is 1. The van der Waals surface area contributed by atoms with Gasteiger partial charge in [0.25, 0.3) is 0 Å². The van der Waals surface area contributed by atoms with Crippen LogP contribution in [0, 0.1) is 6.92 Å². The van der Waals surface area contributed by atoms with E-state index in [0.717, 1.165) is 17.3 Å². The molecule has 2 heterocycles. The van der Waals surface area contributed by atoms with E-state index in [-0.39, 0.29) is 15.8 Å². The fourth-order valence-electron chi connectivity index (χ4n) is 1.82. The normalized spacial score (nSPS) is 19.9. The number of hydrogen-bond donors (Lipinski definition) is 3. The Hall–Kier alpha value is -0.710. The predicted molar refractivity (Wildman–Crippen MR) is 79.0 cm³/mol. The summed E-state index contributed by atoms with van der Waals surface area (Å²) in [6.45, 7) is 1.78. The number of aromatic carboxylic acids is 1. The molecule has 1 atom stereocenters. The van der Waals surface area contributed by atoms with Crippen molar-refractivity contribution in [2.24, 2.45) is 0 Å². The van der Waals surface area contributed by atoms with Gasteiger partial charge in [-0.2, -0.15) is 28.6 Å². The Balaban J connectivity index is 2.14. The zero-order valence-electron chi connectivity index (χ0n) is 10.7. The monoisotopic (exact) mass is 337 g/mol. The maximum atomic E-state index is 12.2. The lowest BCUT2D eigenvalue weighted by Gasteiger charge is -2.21. The van der Waals surface area contributed by atoms with Crippen LogP contribution in [0.1, 0.15) is 16.2 Å². The number of nitrogens with zero attached hydrogens (tertiary/aromatic N) is 1. The molecule has 0 saturated carbocycles. The van der Waals surface area contributed by atoms with Crippen LogP contribution >= 0.6 is 23.5 Å². The summed E-state index contributed by atoms with van der Waals surface area (Å²) in [5.74, 6) is 1.61. The highest BCUT2D eigenvalue weighted by Crippen LogP contribution is 2.24. The van der Waals surface area contributed by atoms with Crippen LogP contribution in [0.15, 0.2) is 4.90 Å². The molecular weight excluding hydrogens is 322 g/mol. The third-order valence-corrected chi connectivity index (χ3v) is 7.18. The summed E-state index contributed by atoms with van der Waals surface area (Å²) < 4.78 is 26.9. The number of carboxylic acids is 1. The summed E-state index contributed by atoms with van der Waals surface area (Å²) in [4.78, 5) is 10.7. The van der Waals surface area contributed by atoms with Gasteiger partial charge in [0.15, 0.2) is 5.69 Å². The first kappa shape index (κ1) is 15.7. The van der Waals surface area contributed by atoms with Crippen molar-refractivity contribution >= 4 is 39.5 Å². The van der Waals surface area contributed by atoms with Gasteiger partial charge in [0, 0.05) is 29.1 Å². The van der Waals surface area contributed by atoms with Gasteiger partial charge in [-0.25, -0.2) is 17.9 Å². The van der Waals surface area contributed by atoms with Crippen LogP contribution in [0.2, 0.25) is 0 Å². The van der Waals surface area contributed by atoms with E-state index in [2.05, 4.69) is 14.9 Å². The van der Waals surface area contributed by atoms with E-state index >= 15 is 0 Å². The number of carbonyl (C=O) groups is 1. The number of carboxylic acid groups (broad SMARTS) is 1. The van der Waals surface area contributed by atoms with E-state index in [0.29, 0.717) is 6.54 Å². The summed E-state index contributed by atoms with van der Waals surface area (Å²) in [6.07, 6.45) is 0. The van der Waals surface area contributed by atoms with Gasteiger partial charge in [-0.15, -0.1) is 0 Å². The molecule has 1 aliphatic heterocycles. The SMILES string of the molecule is Cc1[nH]nc(C(=O)O)c1S(=O)(=O)NCC1CSCCS1. The summed E-state index contributed by atoms with van der Waals surface area (Å²) >= 11 is 3.52. The van der Waals surface area contributed by atoms with Crippen molar-refractivity contribution in [3.05, 3.63) is 11.4 Å². The second-order valence-corrected chi connectivity index (χ2v) is 8.51. The van der Waals surface area contributed by atoms with Crippen LogP contribution in [0.4, 0.5) is 0 Å². The lowest BCUT2D eigenvalue weighted by atomic mass is 10.4. The molecule has 112 valence electrons. The molecule has 20 heavy (non-hydrogen) atoms. The van der Waals surface area contributed by atoms with Crippen molar-refractivity contribution in [2.45, 2.75) is 17.1 Å². The van der Waals surface area contributed by atoms with Crippen molar-refractivity contribution < 1.29 is 18.3 Å². The Bertz CT molecular complexity index is 593. The van der Waals surface area contributed by atoms with Gasteiger partial charge in [0.2, 0.25) is 10.0 Å². The molecule has 1 aliphatic rings. The third kappa shape index (κ3) is 3.48. The van der Waals surface area contributed by atoms with Gasteiger partial charge >= 0.3 is 5.97 Å². The smallest absolute Gasteiger partial charge is 0.357 e. The van der Waals surface area contributed by atoms with Gasteiger partial charge in [0.1, 0.15) is 4.90 Å². The second kappa shape index (κ2) is 6.37. The maximum absolute atomic E-state index is 12.2. The van der Waals surface area contributed by atoms with E-state index in [1.54, 1.807) is 23.5 Å². The lowest BCUT2D eigenvalue weighted by molar-refractivity contribution is 0.0686. The summed E-state index contributed by atoms with van der Waals surface area (Å²) in [5, 5.41) is 15.1. The number of aryl methyl sites for hydroxylation is 1. The number of aromatic amines is 1. The van der Waals surface area contributed by atoms with Gasteiger partial charge in [0.05, 0.1) is 5.69 Å². The van der Waals surface area contributed by atoms with Crippen molar-refractivity contribution in [3.8, 4) is 0 Å². The molecule has 0 spiro atoms. The largest absolute Gasteiger partial charge is 0.476 e. The lowest BCUT2D eigenvalue weighted by Crippen LogP contribution is -2.34. The molecule has 1 aromatic rings. The first-order chi connectivity index (χ1) is 9.42. The summed E-state index contributed by atoms with van der Waals surface area (Å²) in [5.41, 5.74) is -0.249. The number of sulfonamides is 1. The molecule has 1 fully saturated rings. The molecule has 3 N–H and O–H groups in total. The van der Waals surface area contributed by atoms with E-state index < -0.39 is 21.7 Å². The Morgan fingerprint density at radius 3 is 2.90 bits per heavy atom. The van der Waals surface area contributed by atoms with E-state index in [1.165, 1.54) is 6.92 Å². The van der Waals surface area contributed by atoms with Gasteiger partial charge in [-0.05, 0) is 6.92 Å². The van der Waals surface area contributed by atoms with Crippen LogP contribution in [-0.2, 0) is 10.0 Å². The molecule has 0 aliphatic carbocycles. The van der Waals surface area contributed by atoms with E-state index in [1.807, 2.05) is 0 Å². The van der Waals surface area contributed by atoms with E-state index in [9.17, 15) is 13.2 Å². The van der Waals surface area contributed by atoms with Gasteiger partial charge in [-0.1, -0.05) is 0 Å². The molecule has 1 unspecified atom stereocenters. The van der Waals surface area contributed by atoms with Gasteiger partial charge < -0.3 is 5.11 Å². The van der Waals surface area contributed by atoms with Crippen molar-refractivity contribution in [1.29, 1.82) is 0 Å². The minimum absolute atomic E-state index is 0.212. The number of nitrogens with one attached hydrogen (secondary N) is 2. The minimum atomic E-state index is -3.87. The number of aromatic nitrogens is 2. The Kier molecular flexibility index (Phi) is 4.99.